The highest BCUT2D eigenvalue weighted by Crippen LogP contribution is 2.30. The monoisotopic (exact) mass is 524 g/mol. The molecule has 0 radical (unpaired) electrons. The van der Waals surface area contributed by atoms with Crippen LogP contribution >= 0.6 is 23.2 Å². The van der Waals surface area contributed by atoms with Gasteiger partial charge in [0, 0.05) is 5.56 Å². The number of carbonyl (C=O) groups is 2. The summed E-state index contributed by atoms with van der Waals surface area (Å²) in [5.41, 5.74) is 4.56. The lowest BCUT2D eigenvalue weighted by Crippen LogP contribution is -2.24. The minimum absolute atomic E-state index is 0.192. The van der Waals surface area contributed by atoms with E-state index < -0.39 is 18.2 Å². The van der Waals surface area contributed by atoms with E-state index in [-0.39, 0.29) is 11.6 Å². The molecule has 0 aliphatic heterocycles. The summed E-state index contributed by atoms with van der Waals surface area (Å²) in [6.07, 6.45) is 0.961. The molecule has 0 spiro atoms. The van der Waals surface area contributed by atoms with Gasteiger partial charge in [-0.1, -0.05) is 47.5 Å². The fourth-order valence-electron chi connectivity index (χ4n) is 3.06. The van der Waals surface area contributed by atoms with Crippen LogP contribution in [-0.2, 0) is 16.2 Å². The fourth-order valence-corrected chi connectivity index (χ4v) is 3.41. The molecule has 0 fully saturated rings. The third kappa shape index (κ3) is 7.47. The molecule has 8 nitrogen and oxygen atoms in total. The molecule has 0 bridgehead atoms. The van der Waals surface area contributed by atoms with Gasteiger partial charge < -0.3 is 14.8 Å². The number of hydrazone groups is 1. The Kier molecular flexibility index (Phi) is 9.69. The van der Waals surface area contributed by atoms with Gasteiger partial charge in [0.15, 0.2) is 11.5 Å². The van der Waals surface area contributed by atoms with Gasteiger partial charge in [0.2, 0.25) is 11.8 Å². The molecule has 3 aromatic carbocycles. The Labute approximate surface area is 218 Å². The Morgan fingerprint density at radius 3 is 2.61 bits per heavy atom. The number of amides is 2. The molecule has 0 unspecified atom stereocenters. The zero-order chi connectivity index (χ0) is 25.9. The van der Waals surface area contributed by atoms with E-state index in [0.29, 0.717) is 39.9 Å². The van der Waals surface area contributed by atoms with Crippen molar-refractivity contribution in [3.05, 3.63) is 87.4 Å². The molecule has 0 saturated carbocycles. The molecule has 3 aromatic rings. The van der Waals surface area contributed by atoms with Crippen molar-refractivity contribution in [2.75, 3.05) is 11.9 Å². The quantitative estimate of drug-likeness (QED) is 0.211. The molecule has 0 heterocycles. The maximum absolute atomic E-state index is 12.1. The average Bonchev–Trinajstić information content (AvgIpc) is 2.86. The predicted octanol–water partition coefficient (Wildman–Crippen LogP) is 5.32. The SMILES string of the molecule is CCOc1cc(C=NNC(=O)CC(=O)Nc2cccc(Cl)c2Cl)ccc1OCc1ccccc1C#N. The van der Waals surface area contributed by atoms with Crippen molar-refractivity contribution in [2.45, 2.75) is 20.0 Å². The zero-order valence-electron chi connectivity index (χ0n) is 19.3. The highest BCUT2D eigenvalue weighted by molar-refractivity contribution is 6.44. The lowest BCUT2D eigenvalue weighted by atomic mass is 10.1. The van der Waals surface area contributed by atoms with Gasteiger partial charge in [0.25, 0.3) is 0 Å². The predicted molar refractivity (Wildman–Crippen MR) is 139 cm³/mol. The second kappa shape index (κ2) is 13.1. The molecular weight excluding hydrogens is 503 g/mol. The summed E-state index contributed by atoms with van der Waals surface area (Å²) in [5.74, 6) is -0.185. The molecule has 0 saturated heterocycles. The lowest BCUT2D eigenvalue weighted by molar-refractivity contribution is -0.126. The number of rotatable bonds is 10. The number of nitrogens with one attached hydrogen (secondary N) is 2. The standard InChI is InChI=1S/C26H22Cl2N4O4/c1-2-35-23-12-17(10-11-22(23)36-16-19-7-4-3-6-18(19)14-29)15-30-32-25(34)13-24(33)31-21-9-5-8-20(27)26(21)28/h3-12,15H,2,13,16H2,1H3,(H,31,33)(H,32,34). The maximum atomic E-state index is 12.1. The number of hydrogen-bond acceptors (Lipinski definition) is 6. The molecule has 2 amide bonds. The fraction of sp³-hybridized carbons (Fsp3) is 0.154. The smallest absolute Gasteiger partial charge is 0.249 e. The van der Waals surface area contributed by atoms with Crippen LogP contribution in [0.25, 0.3) is 0 Å². The van der Waals surface area contributed by atoms with Gasteiger partial charge in [-0.05, 0) is 48.9 Å². The first-order chi connectivity index (χ1) is 17.4. The molecule has 0 atom stereocenters. The van der Waals surface area contributed by atoms with Crippen LogP contribution in [0, 0.1) is 11.3 Å². The molecule has 36 heavy (non-hydrogen) atoms. The van der Waals surface area contributed by atoms with E-state index in [1.54, 1.807) is 48.5 Å². The zero-order valence-corrected chi connectivity index (χ0v) is 20.8. The van der Waals surface area contributed by atoms with Crippen LogP contribution in [0.4, 0.5) is 5.69 Å². The first kappa shape index (κ1) is 26.5. The maximum Gasteiger partial charge on any atom is 0.249 e. The lowest BCUT2D eigenvalue weighted by Gasteiger charge is -2.13. The highest BCUT2D eigenvalue weighted by Gasteiger charge is 2.12. The molecule has 3 rings (SSSR count). The molecule has 10 heteroatoms. The van der Waals surface area contributed by atoms with Gasteiger partial charge in [-0.3, -0.25) is 9.59 Å². The Balaban J connectivity index is 1.57. The van der Waals surface area contributed by atoms with E-state index in [9.17, 15) is 14.9 Å². The van der Waals surface area contributed by atoms with Crippen LogP contribution in [0.5, 0.6) is 11.5 Å². The summed E-state index contributed by atoms with van der Waals surface area (Å²) in [6.45, 7) is 2.46. The number of hydrogen-bond donors (Lipinski definition) is 2. The van der Waals surface area contributed by atoms with Crippen molar-refractivity contribution in [3.63, 3.8) is 0 Å². The Morgan fingerprint density at radius 1 is 1.03 bits per heavy atom. The summed E-state index contributed by atoms with van der Waals surface area (Å²) in [5, 5.41) is 16.2. The molecule has 184 valence electrons. The number of carbonyl (C=O) groups excluding carboxylic acids is 2. The van der Waals surface area contributed by atoms with E-state index in [1.165, 1.54) is 6.21 Å². The third-order valence-corrected chi connectivity index (χ3v) is 5.56. The van der Waals surface area contributed by atoms with Crippen molar-refractivity contribution < 1.29 is 19.1 Å². The van der Waals surface area contributed by atoms with E-state index in [0.717, 1.165) is 5.56 Å². The van der Waals surface area contributed by atoms with Crippen LogP contribution in [0.2, 0.25) is 10.0 Å². The molecule has 0 aromatic heterocycles. The van der Waals surface area contributed by atoms with Crippen LogP contribution in [0.15, 0.2) is 65.8 Å². The van der Waals surface area contributed by atoms with Gasteiger partial charge in [0.1, 0.15) is 13.0 Å². The number of benzene rings is 3. The largest absolute Gasteiger partial charge is 0.490 e. The van der Waals surface area contributed by atoms with Gasteiger partial charge in [-0.2, -0.15) is 10.4 Å². The summed E-state index contributed by atoms with van der Waals surface area (Å²) in [7, 11) is 0. The van der Waals surface area contributed by atoms with Gasteiger partial charge >= 0.3 is 0 Å². The minimum atomic E-state index is -0.608. The number of nitrogens with zero attached hydrogens (tertiary/aromatic N) is 2. The summed E-state index contributed by atoms with van der Waals surface area (Å²) < 4.78 is 11.5. The Morgan fingerprint density at radius 2 is 1.83 bits per heavy atom. The topological polar surface area (TPSA) is 113 Å². The normalized spacial score (nSPS) is 10.5. The van der Waals surface area contributed by atoms with E-state index in [1.807, 2.05) is 19.1 Å². The van der Waals surface area contributed by atoms with Crippen molar-refractivity contribution in [1.82, 2.24) is 5.43 Å². The Bertz CT molecular complexity index is 1320. The molecular formula is C26H22Cl2N4O4. The van der Waals surface area contributed by atoms with E-state index >= 15 is 0 Å². The van der Waals surface area contributed by atoms with Crippen molar-refractivity contribution in [3.8, 4) is 17.6 Å². The number of ether oxygens (including phenoxy) is 2. The average molecular weight is 525 g/mol. The summed E-state index contributed by atoms with van der Waals surface area (Å²) in [6, 6.07) is 19.3. The minimum Gasteiger partial charge on any atom is -0.490 e. The van der Waals surface area contributed by atoms with Crippen LogP contribution in [0.3, 0.4) is 0 Å². The molecule has 0 aliphatic carbocycles. The first-order valence-corrected chi connectivity index (χ1v) is 11.6. The number of nitriles is 1. The number of anilines is 1. The summed E-state index contributed by atoms with van der Waals surface area (Å²) in [4.78, 5) is 24.2. The van der Waals surface area contributed by atoms with Gasteiger partial charge in [-0.25, -0.2) is 5.43 Å². The van der Waals surface area contributed by atoms with Crippen molar-refractivity contribution in [1.29, 1.82) is 5.26 Å². The summed E-state index contributed by atoms with van der Waals surface area (Å²) >= 11 is 12.0. The van der Waals surface area contributed by atoms with Gasteiger partial charge in [0.05, 0.1) is 40.2 Å². The second-order valence-corrected chi connectivity index (χ2v) is 8.10. The van der Waals surface area contributed by atoms with E-state index in [4.69, 9.17) is 32.7 Å². The second-order valence-electron chi connectivity index (χ2n) is 7.32. The van der Waals surface area contributed by atoms with Crippen LogP contribution in [0.1, 0.15) is 30.0 Å². The molecule has 0 aliphatic rings. The Hall–Kier alpha value is -4.06. The number of halogens is 2. The van der Waals surface area contributed by atoms with E-state index in [2.05, 4.69) is 21.9 Å². The third-order valence-electron chi connectivity index (χ3n) is 4.74. The van der Waals surface area contributed by atoms with Crippen LogP contribution in [-0.4, -0.2) is 24.6 Å². The van der Waals surface area contributed by atoms with Gasteiger partial charge in [-0.15, -0.1) is 0 Å². The van der Waals surface area contributed by atoms with Crippen molar-refractivity contribution >= 4 is 46.9 Å². The highest BCUT2D eigenvalue weighted by atomic mass is 35.5. The molecule has 2 N–H and O–H groups in total. The van der Waals surface area contributed by atoms with Crippen LogP contribution < -0.4 is 20.2 Å². The van der Waals surface area contributed by atoms with Crippen molar-refractivity contribution in [2.24, 2.45) is 5.10 Å². The first-order valence-electron chi connectivity index (χ1n) is 10.8.